The van der Waals surface area contributed by atoms with Crippen molar-refractivity contribution in [3.8, 4) is 10.8 Å². The third kappa shape index (κ3) is 42.7. The Morgan fingerprint density at radius 2 is 0.980 bits per heavy atom. The second-order valence-electron chi connectivity index (χ2n) is 23.6. The number of nitrogens with two attached hydrogens (primary N) is 1. The maximum atomic E-state index is 10.4. The van der Waals surface area contributed by atoms with Crippen LogP contribution in [0, 0.1) is 69.4 Å². The van der Waals surface area contributed by atoms with E-state index in [1.165, 1.54) is 125 Å². The Kier molecular flexibility index (Phi) is 48.6. The molecule has 2 N–H and O–H groups in total. The number of hydrogen-bond donors (Lipinski definition) is 1. The highest BCUT2D eigenvalue weighted by molar-refractivity contribution is 8.03. The smallest absolute Gasteiger partial charge is 0.187 e. The fourth-order valence-corrected chi connectivity index (χ4v) is 10.5. The second kappa shape index (κ2) is 55.8. The zero-order chi connectivity index (χ0) is 73.4. The minimum atomic E-state index is -0.567. The molecule has 100 heavy (non-hydrogen) atoms. The van der Waals surface area contributed by atoms with Crippen LogP contribution in [-0.4, -0.2) is 46.1 Å². The number of benzene rings is 11. The van der Waals surface area contributed by atoms with Crippen LogP contribution < -0.4 is 5.73 Å². The lowest BCUT2D eigenvalue weighted by Crippen LogP contribution is -2.10. The van der Waals surface area contributed by atoms with Gasteiger partial charge in [-0.05, 0) is 190 Å². The molecule has 0 aliphatic rings. The normalized spacial score (nSPS) is 9.83. The average Bonchev–Trinajstić information content (AvgIpc) is 0.860. The number of nitrogens with zero attached hydrogens (tertiary/aromatic N) is 5. The van der Waals surface area contributed by atoms with Crippen LogP contribution in [-0.2, 0) is 48.9 Å². The maximum absolute atomic E-state index is 10.4. The van der Waals surface area contributed by atoms with Crippen molar-refractivity contribution in [1.82, 2.24) is 4.90 Å². The molecule has 11 aromatic rings. The number of rotatable bonds is 15. The Bertz CT molecular complexity index is 4090. The van der Waals surface area contributed by atoms with Gasteiger partial charge in [-0.25, -0.2) is 4.85 Å². The number of thiocarbonyl (C=S) groups is 1. The minimum Gasteiger partial charge on any atom is -0.326 e. The first-order valence-electron chi connectivity index (χ1n) is 33.8. The van der Waals surface area contributed by atoms with Gasteiger partial charge in [-0.3, -0.25) is 4.21 Å². The van der Waals surface area contributed by atoms with E-state index in [2.05, 4.69) is 271 Å². The molecule has 1 unspecified atom stereocenters. The van der Waals surface area contributed by atoms with Crippen molar-refractivity contribution in [2.45, 2.75) is 120 Å². The number of isothiocyanates is 1. The summed E-state index contributed by atoms with van der Waals surface area (Å²) < 4.78 is 10.4. The average molecular weight is 1400 g/mol. The molecule has 0 saturated carbocycles. The number of fused-ring (bicyclic) bond motifs is 2. The molecule has 11 heteroatoms. The van der Waals surface area contributed by atoms with E-state index in [1.807, 2.05) is 115 Å². The lowest BCUT2D eigenvalue weighted by Gasteiger charge is -2.08. The van der Waals surface area contributed by atoms with Crippen LogP contribution in [0.1, 0.15) is 107 Å². The summed E-state index contributed by atoms with van der Waals surface area (Å²) in [6.07, 6.45) is 8.59. The van der Waals surface area contributed by atoms with Gasteiger partial charge in [-0.1, -0.05) is 316 Å². The SMILES string of the molecule is CCCCCS(C)=O.CCc1ccc(C)cc1.CCc1cccc(C)c1.Cc1ccc(CN(C)C)cc1.Cc1ccc(CN)cc1.Cc1cccc2ccccc12.N#CSCCc1ccccc1.N#CSCc1ccccc1.S=C=Nc1ccc2ccccc2c1.[C-]#[N+]c1ccc(C)cc1. The third-order valence-electron chi connectivity index (χ3n) is 14.7. The van der Waals surface area contributed by atoms with Gasteiger partial charge in [-0.2, -0.15) is 15.5 Å². The lowest BCUT2D eigenvalue weighted by atomic mass is 10.1. The molecule has 0 bridgehead atoms. The Labute approximate surface area is 618 Å². The summed E-state index contributed by atoms with van der Waals surface area (Å²) in [4.78, 5) is 9.35. The van der Waals surface area contributed by atoms with Gasteiger partial charge in [0.05, 0.1) is 17.4 Å². The summed E-state index contributed by atoms with van der Waals surface area (Å²) in [5.74, 6) is 2.56. The number of thiocyanates is 2. The first-order chi connectivity index (χ1) is 48.4. The number of hydrogen-bond acceptors (Lipinski definition) is 9. The van der Waals surface area contributed by atoms with Crippen LogP contribution >= 0.6 is 35.7 Å². The summed E-state index contributed by atoms with van der Waals surface area (Å²) in [5.41, 5.74) is 22.7. The standard InChI is InChI=1S/C11H7NS.C11H10.C10H15N.C9H9NS.2C9H12.C8H7NS.C8H7N.C8H11N.C6H14OS/c13-8-12-11-6-5-9-3-1-2-4-10(9)7-11;1-9-5-4-7-10-6-2-3-8-11(9)10;1-9-4-6-10(7-5-9)8-11(2)3;10-8-11-7-6-9-4-2-1-3-5-9;1-3-9-6-4-8(2)5-7-9;1-3-9-6-4-5-8(2)7-9;9-7-10-6-8-4-2-1-3-5-8;1-7-3-5-8(9-2)6-4-7;1-7-2-4-8(6-9)5-3-7;1-3-4-5-6-8(2)7/h1-7H;2-8H,1H3;4-7H,8H2,1-3H3;1-5H,6-7H2;2*4-7H,3H2,1-2H3;1-5H,6H2;3-6H,1H3;2-5H,6,9H2,1H3;3-6H2,1-2H3. The molecule has 0 aliphatic carbocycles. The predicted molar refractivity (Wildman–Crippen MR) is 444 cm³/mol. The largest absolute Gasteiger partial charge is 0.326 e. The zero-order valence-corrected chi connectivity index (χ0v) is 64.3. The highest BCUT2D eigenvalue weighted by atomic mass is 32.2. The maximum Gasteiger partial charge on any atom is 0.187 e. The molecular formula is C89H104N6OS4. The fraction of sp³-hybridized carbons (Fsp3) is 0.258. The number of unbranched alkanes of at least 4 members (excludes halogenated alkanes) is 2. The molecule has 0 aromatic heterocycles. The van der Waals surface area contributed by atoms with Gasteiger partial charge in [0.2, 0.25) is 0 Å². The summed E-state index contributed by atoms with van der Waals surface area (Å²) >= 11 is 7.12. The van der Waals surface area contributed by atoms with E-state index in [0.29, 0.717) is 12.2 Å². The molecule has 1 atom stereocenters. The van der Waals surface area contributed by atoms with Crippen LogP contribution in [0.3, 0.4) is 0 Å². The highest BCUT2D eigenvalue weighted by Crippen LogP contribution is 2.21. The van der Waals surface area contributed by atoms with Crippen molar-refractivity contribution < 1.29 is 4.21 Å². The first kappa shape index (κ1) is 87.1. The Balaban J connectivity index is 0.000000379. The van der Waals surface area contributed by atoms with Crippen LogP contribution in [0.25, 0.3) is 26.4 Å². The van der Waals surface area contributed by atoms with Crippen molar-refractivity contribution in [1.29, 1.82) is 10.5 Å². The van der Waals surface area contributed by atoms with Gasteiger partial charge in [0.25, 0.3) is 0 Å². The molecule has 7 nitrogen and oxygen atoms in total. The molecule has 0 heterocycles. The van der Waals surface area contributed by atoms with E-state index in [1.54, 1.807) is 6.26 Å². The molecular weight excluding hydrogens is 1300 g/mol. The van der Waals surface area contributed by atoms with Crippen molar-refractivity contribution in [3.63, 3.8) is 0 Å². The third-order valence-corrected chi connectivity index (χ3v) is 16.8. The van der Waals surface area contributed by atoms with Crippen molar-refractivity contribution >= 4 is 84.6 Å². The van der Waals surface area contributed by atoms with Crippen LogP contribution in [0.2, 0.25) is 0 Å². The zero-order valence-electron chi connectivity index (χ0n) is 61.0. The number of aliphatic imine (C=N–C) groups is 1. The number of nitriles is 2. The molecule has 0 fully saturated rings. The summed E-state index contributed by atoms with van der Waals surface area (Å²) in [5, 5.41) is 28.0. The quantitative estimate of drug-likeness (QED) is 0.0355. The Hall–Kier alpha value is -9.02. The summed E-state index contributed by atoms with van der Waals surface area (Å²) in [7, 11) is 3.60. The predicted octanol–water partition coefficient (Wildman–Crippen LogP) is 24.3. The molecule has 0 aliphatic heterocycles. The van der Waals surface area contributed by atoms with Crippen LogP contribution in [0.4, 0.5) is 11.4 Å². The first-order valence-corrected chi connectivity index (χ1v) is 37.9. The van der Waals surface area contributed by atoms with Crippen molar-refractivity contribution in [2.75, 3.05) is 31.9 Å². The molecule has 0 saturated heterocycles. The number of thioether (sulfide) groups is 2. The highest BCUT2D eigenvalue weighted by Gasteiger charge is 1.97. The fourth-order valence-electron chi connectivity index (χ4n) is 8.95. The molecule has 11 aromatic carbocycles. The Morgan fingerprint density at radius 3 is 1.46 bits per heavy atom. The van der Waals surface area contributed by atoms with Crippen molar-refractivity contribution in [3.05, 3.63) is 345 Å². The van der Waals surface area contributed by atoms with Gasteiger partial charge in [0.1, 0.15) is 10.8 Å². The number of aryl methyl sites for hydroxylation is 9. The van der Waals surface area contributed by atoms with Crippen LogP contribution in [0.15, 0.2) is 272 Å². The van der Waals surface area contributed by atoms with E-state index in [0.717, 1.165) is 55.2 Å². The Morgan fingerprint density at radius 1 is 0.500 bits per heavy atom. The summed E-state index contributed by atoms with van der Waals surface area (Å²) in [6.45, 7) is 27.4. The lowest BCUT2D eigenvalue weighted by molar-refractivity contribution is 0.402. The van der Waals surface area contributed by atoms with E-state index in [4.69, 9.17) is 22.8 Å². The molecule has 0 amide bonds. The van der Waals surface area contributed by atoms with Gasteiger partial charge in [0.15, 0.2) is 5.69 Å². The van der Waals surface area contributed by atoms with Gasteiger partial charge >= 0.3 is 0 Å². The van der Waals surface area contributed by atoms with Crippen molar-refractivity contribution in [2.24, 2.45) is 10.7 Å². The van der Waals surface area contributed by atoms with E-state index in [9.17, 15) is 4.21 Å². The monoisotopic (exact) mass is 1400 g/mol. The van der Waals surface area contributed by atoms with E-state index in [-0.39, 0.29) is 0 Å². The van der Waals surface area contributed by atoms with Gasteiger partial charge < -0.3 is 10.6 Å². The minimum absolute atomic E-state index is 0.567. The van der Waals surface area contributed by atoms with Gasteiger partial charge in [0, 0.05) is 47.4 Å². The van der Waals surface area contributed by atoms with Crippen LogP contribution in [0.5, 0.6) is 0 Å². The molecule has 11 rings (SSSR count). The van der Waals surface area contributed by atoms with E-state index >= 15 is 0 Å². The molecule has 0 radical (unpaired) electrons. The second-order valence-corrected chi connectivity index (χ2v) is 27.0. The summed E-state index contributed by atoms with van der Waals surface area (Å²) in [6, 6.07) is 90.8. The van der Waals surface area contributed by atoms with E-state index < -0.39 is 10.8 Å². The topological polar surface area (TPSA) is 111 Å². The molecule has 520 valence electrons. The van der Waals surface area contributed by atoms with Gasteiger partial charge in [-0.15, -0.1) is 0 Å². The molecule has 0 spiro atoms.